The van der Waals surface area contributed by atoms with Gasteiger partial charge in [0, 0.05) is 16.7 Å². The number of fused-ring (bicyclic) bond motifs is 12. The second-order valence-corrected chi connectivity index (χ2v) is 14.8. The van der Waals surface area contributed by atoms with Crippen molar-refractivity contribution < 1.29 is 0 Å². The molecule has 0 fully saturated rings. The van der Waals surface area contributed by atoms with Gasteiger partial charge < -0.3 is 0 Å². The zero-order valence-electron chi connectivity index (χ0n) is 30.6. The van der Waals surface area contributed by atoms with Gasteiger partial charge in [-0.3, -0.25) is 0 Å². The van der Waals surface area contributed by atoms with Crippen LogP contribution in [0.1, 0.15) is 84.5 Å². The summed E-state index contributed by atoms with van der Waals surface area (Å²) in [7, 11) is 0. The number of aryl methyl sites for hydroxylation is 3. The van der Waals surface area contributed by atoms with Crippen molar-refractivity contribution in [2.45, 2.75) is 38.5 Å². The van der Waals surface area contributed by atoms with Gasteiger partial charge in [-0.25, -0.2) is 0 Å². The second-order valence-electron chi connectivity index (χ2n) is 14.8. The van der Waals surface area contributed by atoms with Crippen LogP contribution >= 0.6 is 0 Å². The van der Waals surface area contributed by atoms with E-state index in [2.05, 4.69) is 202 Å². The van der Waals surface area contributed by atoms with Crippen molar-refractivity contribution in [2.24, 2.45) is 0 Å². The molecule has 0 amide bonds. The molecule has 0 spiro atoms. The number of rotatable bonds is 0. The highest BCUT2D eigenvalue weighted by Crippen LogP contribution is 2.64. The Bertz CT molecular complexity index is 2510. The first-order chi connectivity index (χ1) is 26.5. The van der Waals surface area contributed by atoms with Gasteiger partial charge in [0.05, 0.1) is 17.8 Å². The van der Waals surface area contributed by atoms with Crippen LogP contribution in [0.25, 0.3) is 33.4 Å². The molecule has 3 atom stereocenters. The van der Waals surface area contributed by atoms with Crippen LogP contribution in [0.4, 0.5) is 0 Å². The van der Waals surface area contributed by atoms with Crippen LogP contribution in [0.3, 0.4) is 0 Å². The molecule has 0 nitrogen and oxygen atoms in total. The predicted octanol–water partition coefficient (Wildman–Crippen LogP) is 12.1. The fourth-order valence-electron chi connectivity index (χ4n) is 8.77. The van der Waals surface area contributed by atoms with Gasteiger partial charge in [0.2, 0.25) is 0 Å². The van der Waals surface area contributed by atoms with Crippen molar-refractivity contribution in [3.05, 3.63) is 212 Å². The molecule has 0 aromatic heterocycles. The van der Waals surface area contributed by atoms with Crippen molar-refractivity contribution >= 4 is 0 Å². The first-order valence-electron chi connectivity index (χ1n) is 18.8. The molecular formula is C54H36. The first-order valence-corrected chi connectivity index (χ1v) is 18.8. The quantitative estimate of drug-likeness (QED) is 0.140. The van der Waals surface area contributed by atoms with Crippen molar-refractivity contribution in [3.63, 3.8) is 0 Å². The summed E-state index contributed by atoms with van der Waals surface area (Å²) in [6.45, 7) is 6.36. The molecule has 0 bridgehead atoms. The SMILES string of the molecule is Cc1ccc(C#C[C@@H]2c3ccccc3-c3c2c2c(c4c3[C@@H](C#Cc3ccc(C)cc3)c3ccccc3-4)[C@H](C#Cc3ccc(C)cc3)c3ccccc3-2)cc1. The molecule has 3 aliphatic carbocycles. The van der Waals surface area contributed by atoms with Crippen LogP contribution in [0, 0.1) is 56.3 Å². The van der Waals surface area contributed by atoms with E-state index < -0.39 is 0 Å². The van der Waals surface area contributed by atoms with Gasteiger partial charge >= 0.3 is 0 Å². The van der Waals surface area contributed by atoms with Crippen LogP contribution < -0.4 is 0 Å². The van der Waals surface area contributed by atoms with E-state index in [0.29, 0.717) is 0 Å². The van der Waals surface area contributed by atoms with Crippen molar-refractivity contribution in [3.8, 4) is 68.9 Å². The van der Waals surface area contributed by atoms with E-state index in [-0.39, 0.29) is 17.8 Å². The zero-order valence-corrected chi connectivity index (χ0v) is 30.6. The number of benzene rings is 7. The fraction of sp³-hybridized carbons (Fsp3) is 0.111. The van der Waals surface area contributed by atoms with Gasteiger partial charge in [0.15, 0.2) is 0 Å². The first kappa shape index (κ1) is 31.9. The average Bonchev–Trinajstić information content (AvgIpc) is 3.83. The van der Waals surface area contributed by atoms with Gasteiger partial charge in [-0.15, -0.1) is 0 Å². The predicted molar refractivity (Wildman–Crippen MR) is 222 cm³/mol. The minimum Gasteiger partial charge on any atom is -0.0848 e. The van der Waals surface area contributed by atoms with Crippen LogP contribution in [-0.4, -0.2) is 0 Å². The second kappa shape index (κ2) is 12.7. The van der Waals surface area contributed by atoms with Gasteiger partial charge in [-0.05, 0) is 124 Å². The van der Waals surface area contributed by atoms with Gasteiger partial charge in [0.25, 0.3) is 0 Å². The molecule has 3 aliphatic rings. The molecule has 7 aromatic carbocycles. The van der Waals surface area contributed by atoms with Gasteiger partial charge in [0.1, 0.15) is 0 Å². The Morgan fingerprint density at radius 1 is 0.315 bits per heavy atom. The van der Waals surface area contributed by atoms with Crippen molar-refractivity contribution in [2.75, 3.05) is 0 Å². The Hall–Kier alpha value is -6.78. The van der Waals surface area contributed by atoms with Gasteiger partial charge in [-0.2, -0.15) is 0 Å². The smallest absolute Gasteiger partial charge is 0.0724 e. The van der Waals surface area contributed by atoms with E-state index in [1.807, 2.05) is 0 Å². The lowest BCUT2D eigenvalue weighted by atomic mass is 9.80. The lowest BCUT2D eigenvalue weighted by Gasteiger charge is -2.21. The number of hydrogen-bond acceptors (Lipinski definition) is 0. The van der Waals surface area contributed by atoms with Crippen LogP contribution in [0.15, 0.2) is 146 Å². The highest BCUT2D eigenvalue weighted by atomic mass is 14.5. The molecule has 7 aromatic rings. The topological polar surface area (TPSA) is 0 Å². The van der Waals surface area contributed by atoms with Crippen molar-refractivity contribution in [1.29, 1.82) is 0 Å². The number of hydrogen-bond donors (Lipinski definition) is 0. The minimum atomic E-state index is -0.108. The normalized spacial score (nSPS) is 16.2. The van der Waals surface area contributed by atoms with Crippen LogP contribution in [0.2, 0.25) is 0 Å². The molecule has 0 saturated heterocycles. The molecule has 10 rings (SSSR count). The van der Waals surface area contributed by atoms with E-state index in [1.54, 1.807) is 0 Å². The van der Waals surface area contributed by atoms with Crippen LogP contribution in [-0.2, 0) is 0 Å². The maximum Gasteiger partial charge on any atom is 0.0724 e. The van der Waals surface area contributed by atoms with Gasteiger partial charge in [-0.1, -0.05) is 161 Å². The van der Waals surface area contributed by atoms with E-state index >= 15 is 0 Å². The maximum atomic E-state index is 3.84. The Kier molecular flexibility index (Phi) is 7.51. The lowest BCUT2D eigenvalue weighted by Crippen LogP contribution is -2.04. The highest BCUT2D eigenvalue weighted by molar-refractivity contribution is 6.04. The summed E-state index contributed by atoms with van der Waals surface area (Å²) in [5.41, 5.74) is 22.1. The summed E-state index contributed by atoms with van der Waals surface area (Å²) >= 11 is 0. The van der Waals surface area contributed by atoms with E-state index in [4.69, 9.17) is 0 Å². The Morgan fingerprint density at radius 2 is 0.574 bits per heavy atom. The van der Waals surface area contributed by atoms with E-state index in [0.717, 1.165) is 16.7 Å². The molecule has 0 N–H and O–H groups in total. The molecule has 0 radical (unpaired) electrons. The summed E-state index contributed by atoms with van der Waals surface area (Å²) in [5, 5.41) is 0. The summed E-state index contributed by atoms with van der Waals surface area (Å²) in [6.07, 6.45) is 0. The molecule has 0 unspecified atom stereocenters. The molecular weight excluding hydrogens is 649 g/mol. The fourth-order valence-corrected chi connectivity index (χ4v) is 8.77. The molecule has 0 heteroatoms. The zero-order chi connectivity index (χ0) is 36.3. The Labute approximate surface area is 318 Å². The third-order valence-corrected chi connectivity index (χ3v) is 11.3. The Balaban J connectivity index is 1.31. The lowest BCUT2D eigenvalue weighted by molar-refractivity contribution is 1.07. The largest absolute Gasteiger partial charge is 0.0848 e. The summed E-state index contributed by atoms with van der Waals surface area (Å²) < 4.78 is 0. The summed E-state index contributed by atoms with van der Waals surface area (Å²) in [6, 6.07) is 52.5. The highest BCUT2D eigenvalue weighted by Gasteiger charge is 2.45. The monoisotopic (exact) mass is 684 g/mol. The summed E-state index contributed by atoms with van der Waals surface area (Å²) in [5.74, 6) is 22.0. The summed E-state index contributed by atoms with van der Waals surface area (Å²) in [4.78, 5) is 0. The maximum absolute atomic E-state index is 3.84. The third-order valence-electron chi connectivity index (χ3n) is 11.3. The standard InChI is InChI=1S/C54H36/c1-34-16-22-37(23-17-34)28-31-46-40-10-4-7-13-43(40)49-52(46)50-44-14-8-5-11-41(44)47(32-29-38-24-18-35(2)19-25-38)54(50)51-45-15-9-6-12-42(45)48(53(49)51)33-30-39-26-20-36(3)21-27-39/h4-27,46-48H,1-3H3/t46-,47-,48+/m1/s1. The minimum absolute atomic E-state index is 0.108. The average molecular weight is 685 g/mol. The molecule has 252 valence electrons. The van der Waals surface area contributed by atoms with Crippen LogP contribution in [0.5, 0.6) is 0 Å². The molecule has 0 heterocycles. The third kappa shape index (κ3) is 5.14. The molecule has 0 aliphatic heterocycles. The Morgan fingerprint density at radius 3 is 0.852 bits per heavy atom. The van der Waals surface area contributed by atoms with E-state index in [1.165, 1.54) is 83.5 Å². The molecule has 0 saturated carbocycles. The molecule has 54 heavy (non-hydrogen) atoms. The van der Waals surface area contributed by atoms with Crippen molar-refractivity contribution in [1.82, 2.24) is 0 Å². The van der Waals surface area contributed by atoms with E-state index in [9.17, 15) is 0 Å².